The van der Waals surface area contributed by atoms with Gasteiger partial charge < -0.3 is 10.6 Å². The van der Waals surface area contributed by atoms with Crippen LogP contribution in [0.25, 0.3) is 0 Å². The standard InChI is InChI=1S/C10H11ClN6/c1-12-9-15-8(11)16-10(17-9)14-6-7-2-4-13-5-3-7/h2-5H,6H2,1H3,(H2,12,14,15,16,17). The summed E-state index contributed by atoms with van der Waals surface area (Å²) in [6.45, 7) is 0.603. The van der Waals surface area contributed by atoms with Gasteiger partial charge in [0.2, 0.25) is 17.2 Å². The number of hydrogen-bond acceptors (Lipinski definition) is 6. The van der Waals surface area contributed by atoms with E-state index in [1.54, 1.807) is 19.4 Å². The lowest BCUT2D eigenvalue weighted by molar-refractivity contribution is 1.00. The maximum atomic E-state index is 5.76. The highest BCUT2D eigenvalue weighted by molar-refractivity contribution is 6.28. The molecule has 2 aromatic rings. The zero-order valence-electron chi connectivity index (χ0n) is 9.18. The molecule has 0 fully saturated rings. The number of rotatable bonds is 4. The van der Waals surface area contributed by atoms with Crippen LogP contribution < -0.4 is 10.6 Å². The molecule has 0 spiro atoms. The number of nitrogens with one attached hydrogen (secondary N) is 2. The van der Waals surface area contributed by atoms with Crippen molar-refractivity contribution in [1.82, 2.24) is 19.9 Å². The highest BCUT2D eigenvalue weighted by atomic mass is 35.5. The zero-order valence-corrected chi connectivity index (χ0v) is 9.94. The second kappa shape index (κ2) is 5.40. The molecule has 0 aliphatic carbocycles. The first-order valence-corrected chi connectivity index (χ1v) is 5.38. The Morgan fingerprint density at radius 1 is 1.12 bits per heavy atom. The Bertz CT molecular complexity index is 489. The van der Waals surface area contributed by atoms with E-state index in [4.69, 9.17) is 11.6 Å². The molecule has 6 nitrogen and oxygen atoms in total. The molecule has 0 aromatic carbocycles. The van der Waals surface area contributed by atoms with Gasteiger partial charge in [0.05, 0.1) is 0 Å². The topological polar surface area (TPSA) is 75.6 Å². The molecule has 0 unspecified atom stereocenters. The van der Waals surface area contributed by atoms with Crippen molar-refractivity contribution in [2.75, 3.05) is 17.7 Å². The molecule has 2 N–H and O–H groups in total. The second-order valence-corrected chi connectivity index (χ2v) is 3.55. The number of halogens is 1. The summed E-state index contributed by atoms with van der Waals surface area (Å²) in [5.41, 5.74) is 1.09. The molecule has 0 atom stereocenters. The van der Waals surface area contributed by atoms with E-state index in [9.17, 15) is 0 Å². The monoisotopic (exact) mass is 250 g/mol. The van der Waals surface area contributed by atoms with E-state index in [1.165, 1.54) is 0 Å². The quantitative estimate of drug-likeness (QED) is 0.858. The fraction of sp³-hybridized carbons (Fsp3) is 0.200. The van der Waals surface area contributed by atoms with Crippen LogP contribution in [-0.2, 0) is 6.54 Å². The van der Waals surface area contributed by atoms with Gasteiger partial charge in [-0.3, -0.25) is 4.98 Å². The molecule has 88 valence electrons. The van der Waals surface area contributed by atoms with Crippen LogP contribution in [0.1, 0.15) is 5.56 Å². The number of hydrogen-bond donors (Lipinski definition) is 2. The van der Waals surface area contributed by atoms with Gasteiger partial charge in [-0.25, -0.2) is 0 Å². The SMILES string of the molecule is CNc1nc(Cl)nc(NCc2ccncc2)n1. The van der Waals surface area contributed by atoms with Crippen LogP contribution in [0.3, 0.4) is 0 Å². The summed E-state index contributed by atoms with van der Waals surface area (Å²) in [5.74, 6) is 0.869. The van der Waals surface area contributed by atoms with Gasteiger partial charge in [-0.1, -0.05) is 0 Å². The summed E-state index contributed by atoms with van der Waals surface area (Å²) < 4.78 is 0. The molecule has 0 aliphatic heterocycles. The van der Waals surface area contributed by atoms with E-state index in [0.29, 0.717) is 18.4 Å². The Labute approximate surface area is 103 Å². The van der Waals surface area contributed by atoms with Crippen LogP contribution in [0.5, 0.6) is 0 Å². The molecule has 2 rings (SSSR count). The van der Waals surface area contributed by atoms with E-state index in [1.807, 2.05) is 12.1 Å². The van der Waals surface area contributed by atoms with Crippen LogP contribution in [0.2, 0.25) is 5.28 Å². The molecule has 0 saturated heterocycles. The molecule has 7 heteroatoms. The summed E-state index contributed by atoms with van der Waals surface area (Å²) in [6.07, 6.45) is 3.47. The number of aromatic nitrogens is 4. The van der Waals surface area contributed by atoms with Crippen molar-refractivity contribution in [2.24, 2.45) is 0 Å². The Balaban J connectivity index is 2.06. The van der Waals surface area contributed by atoms with Crippen molar-refractivity contribution in [3.63, 3.8) is 0 Å². The van der Waals surface area contributed by atoms with Crippen molar-refractivity contribution in [3.05, 3.63) is 35.4 Å². The fourth-order valence-corrected chi connectivity index (χ4v) is 1.38. The highest BCUT2D eigenvalue weighted by Gasteiger charge is 2.03. The van der Waals surface area contributed by atoms with Crippen LogP contribution in [0, 0.1) is 0 Å². The summed E-state index contributed by atoms with van der Waals surface area (Å²) in [6, 6.07) is 3.82. The van der Waals surface area contributed by atoms with E-state index in [0.717, 1.165) is 5.56 Å². The molecule has 17 heavy (non-hydrogen) atoms. The predicted octanol–water partition coefficient (Wildman–Crippen LogP) is 1.57. The molecule has 0 amide bonds. The van der Waals surface area contributed by atoms with Crippen LogP contribution in [-0.4, -0.2) is 27.0 Å². The minimum Gasteiger partial charge on any atom is -0.357 e. The Hall–Kier alpha value is -1.95. The van der Waals surface area contributed by atoms with Gasteiger partial charge in [0.15, 0.2) is 0 Å². The van der Waals surface area contributed by atoms with E-state index < -0.39 is 0 Å². The lowest BCUT2D eigenvalue weighted by atomic mass is 10.3. The molecule has 0 radical (unpaired) electrons. The van der Waals surface area contributed by atoms with Gasteiger partial charge in [-0.2, -0.15) is 15.0 Å². The fourth-order valence-electron chi connectivity index (χ4n) is 1.22. The maximum Gasteiger partial charge on any atom is 0.229 e. The van der Waals surface area contributed by atoms with E-state index >= 15 is 0 Å². The average molecular weight is 251 g/mol. The third-order valence-corrected chi connectivity index (χ3v) is 2.20. The molecule has 0 saturated carbocycles. The predicted molar refractivity (Wildman–Crippen MR) is 65.9 cm³/mol. The lowest BCUT2D eigenvalue weighted by Crippen LogP contribution is -2.07. The second-order valence-electron chi connectivity index (χ2n) is 3.21. The first kappa shape index (κ1) is 11.5. The summed E-state index contributed by atoms with van der Waals surface area (Å²) >= 11 is 5.76. The molecular weight excluding hydrogens is 240 g/mol. The smallest absolute Gasteiger partial charge is 0.229 e. The zero-order chi connectivity index (χ0) is 12.1. The van der Waals surface area contributed by atoms with Gasteiger partial charge >= 0.3 is 0 Å². The van der Waals surface area contributed by atoms with Gasteiger partial charge in [0, 0.05) is 26.0 Å². The van der Waals surface area contributed by atoms with Crippen LogP contribution in [0.4, 0.5) is 11.9 Å². The first-order chi connectivity index (χ1) is 8.28. The van der Waals surface area contributed by atoms with Crippen LogP contribution >= 0.6 is 11.6 Å². The van der Waals surface area contributed by atoms with Gasteiger partial charge in [0.25, 0.3) is 0 Å². The number of pyridine rings is 1. The minimum atomic E-state index is 0.154. The number of anilines is 2. The average Bonchev–Trinajstić information content (AvgIpc) is 2.37. The third kappa shape index (κ3) is 3.25. The summed E-state index contributed by atoms with van der Waals surface area (Å²) in [5, 5.41) is 6.03. The summed E-state index contributed by atoms with van der Waals surface area (Å²) in [4.78, 5) is 15.9. The van der Waals surface area contributed by atoms with Crippen molar-refractivity contribution in [1.29, 1.82) is 0 Å². The molecule has 0 bridgehead atoms. The largest absolute Gasteiger partial charge is 0.357 e. The lowest BCUT2D eigenvalue weighted by Gasteiger charge is -2.06. The molecule has 2 aromatic heterocycles. The molecular formula is C10H11ClN6. The Morgan fingerprint density at radius 2 is 1.82 bits per heavy atom. The maximum absolute atomic E-state index is 5.76. The van der Waals surface area contributed by atoms with Crippen molar-refractivity contribution in [3.8, 4) is 0 Å². The molecule has 0 aliphatic rings. The Kier molecular flexibility index (Phi) is 3.66. The third-order valence-electron chi connectivity index (χ3n) is 2.03. The van der Waals surface area contributed by atoms with Crippen molar-refractivity contribution >= 4 is 23.5 Å². The van der Waals surface area contributed by atoms with E-state index in [2.05, 4.69) is 30.6 Å². The van der Waals surface area contributed by atoms with Gasteiger partial charge in [-0.05, 0) is 29.3 Å². The normalized spacial score (nSPS) is 10.0. The van der Waals surface area contributed by atoms with Gasteiger partial charge in [0.1, 0.15) is 0 Å². The Morgan fingerprint density at radius 3 is 2.53 bits per heavy atom. The molecule has 2 heterocycles. The van der Waals surface area contributed by atoms with Crippen LogP contribution in [0.15, 0.2) is 24.5 Å². The summed E-state index contributed by atoms with van der Waals surface area (Å²) in [7, 11) is 1.72. The van der Waals surface area contributed by atoms with E-state index in [-0.39, 0.29) is 5.28 Å². The number of nitrogens with zero attached hydrogens (tertiary/aromatic N) is 4. The minimum absolute atomic E-state index is 0.154. The highest BCUT2D eigenvalue weighted by Crippen LogP contribution is 2.09. The van der Waals surface area contributed by atoms with Crippen molar-refractivity contribution < 1.29 is 0 Å². The van der Waals surface area contributed by atoms with Gasteiger partial charge in [-0.15, -0.1) is 0 Å². The van der Waals surface area contributed by atoms with Crippen molar-refractivity contribution in [2.45, 2.75) is 6.54 Å². The first-order valence-electron chi connectivity index (χ1n) is 5.00.